The molecule has 5 nitrogen and oxygen atoms in total. The Balaban J connectivity index is 1.38. The highest BCUT2D eigenvalue weighted by molar-refractivity contribution is 6.30. The van der Waals surface area contributed by atoms with Crippen molar-refractivity contribution in [2.75, 3.05) is 31.1 Å². The minimum absolute atomic E-state index is 0.0295. The van der Waals surface area contributed by atoms with Gasteiger partial charge >= 0.3 is 0 Å². The van der Waals surface area contributed by atoms with E-state index in [4.69, 9.17) is 11.6 Å². The first-order valence-corrected chi connectivity index (χ1v) is 9.78. The van der Waals surface area contributed by atoms with Crippen LogP contribution in [-0.2, 0) is 4.79 Å². The fourth-order valence-electron chi connectivity index (χ4n) is 3.65. The predicted molar refractivity (Wildman–Crippen MR) is 112 cm³/mol. The average molecular weight is 396 g/mol. The van der Waals surface area contributed by atoms with Crippen molar-refractivity contribution < 1.29 is 9.90 Å². The lowest BCUT2D eigenvalue weighted by atomic mass is 10.1. The Morgan fingerprint density at radius 1 is 1.04 bits per heavy atom. The number of aliphatic hydroxyl groups excluding tert-OH is 1. The van der Waals surface area contributed by atoms with Gasteiger partial charge in [-0.25, -0.2) is 0 Å². The van der Waals surface area contributed by atoms with Gasteiger partial charge in [0.1, 0.15) is 0 Å². The summed E-state index contributed by atoms with van der Waals surface area (Å²) in [4.78, 5) is 21.1. The number of amides is 1. The summed E-state index contributed by atoms with van der Waals surface area (Å²) in [5.41, 5.74) is 1.81. The molecule has 0 spiro atoms. The zero-order chi connectivity index (χ0) is 19.5. The number of piperazine rings is 1. The highest BCUT2D eigenvalue weighted by Crippen LogP contribution is 2.27. The van der Waals surface area contributed by atoms with Crippen LogP contribution in [0.3, 0.4) is 0 Å². The largest absolute Gasteiger partial charge is 0.388 e. The maximum Gasteiger partial charge on any atom is 0.225 e. The van der Waals surface area contributed by atoms with Gasteiger partial charge in [0.15, 0.2) is 0 Å². The maximum atomic E-state index is 12.6. The van der Waals surface area contributed by atoms with Gasteiger partial charge < -0.3 is 14.9 Å². The molecular weight excluding hydrogens is 374 g/mol. The van der Waals surface area contributed by atoms with Gasteiger partial charge in [-0.3, -0.25) is 9.78 Å². The van der Waals surface area contributed by atoms with Crippen molar-refractivity contribution in [2.24, 2.45) is 0 Å². The van der Waals surface area contributed by atoms with Crippen molar-refractivity contribution in [2.45, 2.75) is 12.5 Å². The molecule has 1 saturated heterocycles. The lowest BCUT2D eigenvalue weighted by Crippen LogP contribution is -2.49. The standard InChI is InChI=1S/C22H22ClN3O2/c23-18-7-5-16(6-8-18)21(27)13-22(28)26-11-9-25(10-12-26)20-15-24-14-17-3-1-2-4-19(17)20/h1-8,14-15,21,27H,9-13H2. The fourth-order valence-corrected chi connectivity index (χ4v) is 3.77. The third kappa shape index (κ3) is 3.96. The first kappa shape index (κ1) is 18.7. The number of halogens is 1. The molecule has 4 rings (SSSR count). The van der Waals surface area contributed by atoms with Crippen molar-refractivity contribution in [1.29, 1.82) is 0 Å². The van der Waals surface area contributed by atoms with E-state index < -0.39 is 6.10 Å². The molecule has 0 saturated carbocycles. The molecule has 0 aliphatic carbocycles. The highest BCUT2D eigenvalue weighted by atomic mass is 35.5. The molecule has 3 aromatic rings. The fraction of sp³-hybridized carbons (Fsp3) is 0.273. The van der Waals surface area contributed by atoms with E-state index in [9.17, 15) is 9.90 Å². The Labute approximate surface area is 169 Å². The Bertz CT molecular complexity index is 964. The van der Waals surface area contributed by atoms with Gasteiger partial charge in [-0.2, -0.15) is 0 Å². The number of hydrogen-bond acceptors (Lipinski definition) is 4. The third-order valence-electron chi connectivity index (χ3n) is 5.24. The summed E-state index contributed by atoms with van der Waals surface area (Å²) in [6, 6.07) is 15.2. The lowest BCUT2D eigenvalue weighted by Gasteiger charge is -2.36. The Morgan fingerprint density at radius 3 is 2.50 bits per heavy atom. The van der Waals surface area contributed by atoms with Crippen molar-refractivity contribution in [3.63, 3.8) is 0 Å². The van der Waals surface area contributed by atoms with Crippen LogP contribution in [0.5, 0.6) is 0 Å². The molecule has 144 valence electrons. The van der Waals surface area contributed by atoms with Gasteiger partial charge in [0, 0.05) is 48.2 Å². The first-order chi connectivity index (χ1) is 13.6. The van der Waals surface area contributed by atoms with Crippen molar-refractivity contribution in [1.82, 2.24) is 9.88 Å². The molecule has 2 aromatic carbocycles. The Hall–Kier alpha value is -2.63. The van der Waals surface area contributed by atoms with Crippen molar-refractivity contribution >= 4 is 34.0 Å². The van der Waals surface area contributed by atoms with Crippen LogP contribution >= 0.6 is 11.6 Å². The van der Waals surface area contributed by atoms with E-state index in [2.05, 4.69) is 22.0 Å². The minimum Gasteiger partial charge on any atom is -0.388 e. The molecule has 1 fully saturated rings. The van der Waals surface area contributed by atoms with Crippen LogP contribution in [-0.4, -0.2) is 47.1 Å². The molecule has 1 aliphatic heterocycles. The van der Waals surface area contributed by atoms with Crippen LogP contribution in [0.25, 0.3) is 10.8 Å². The van der Waals surface area contributed by atoms with E-state index >= 15 is 0 Å². The zero-order valence-electron chi connectivity index (χ0n) is 15.5. The molecule has 1 amide bonds. The molecule has 2 heterocycles. The summed E-state index contributed by atoms with van der Waals surface area (Å²) in [6.07, 6.45) is 3.03. The van der Waals surface area contributed by atoms with E-state index in [-0.39, 0.29) is 12.3 Å². The smallest absolute Gasteiger partial charge is 0.225 e. The van der Waals surface area contributed by atoms with Gasteiger partial charge in [-0.15, -0.1) is 0 Å². The summed E-state index contributed by atoms with van der Waals surface area (Å²) in [5, 5.41) is 13.3. The first-order valence-electron chi connectivity index (χ1n) is 9.41. The Kier molecular flexibility index (Phi) is 5.46. The topological polar surface area (TPSA) is 56.7 Å². The van der Waals surface area contributed by atoms with Crippen LogP contribution in [0.1, 0.15) is 18.1 Å². The summed E-state index contributed by atoms with van der Waals surface area (Å²) < 4.78 is 0. The number of rotatable bonds is 4. The van der Waals surface area contributed by atoms with Gasteiger partial charge in [-0.1, -0.05) is 48.0 Å². The average Bonchev–Trinajstić information content (AvgIpc) is 2.74. The highest BCUT2D eigenvalue weighted by Gasteiger charge is 2.24. The summed E-state index contributed by atoms with van der Waals surface area (Å²) in [5.74, 6) is -0.0295. The van der Waals surface area contributed by atoms with Crippen LogP contribution < -0.4 is 4.90 Å². The number of nitrogens with zero attached hydrogens (tertiary/aromatic N) is 3. The molecule has 1 unspecified atom stereocenters. The number of benzene rings is 2. The van der Waals surface area contributed by atoms with E-state index in [1.807, 2.05) is 29.4 Å². The summed E-state index contributed by atoms with van der Waals surface area (Å²) >= 11 is 5.88. The van der Waals surface area contributed by atoms with Gasteiger partial charge in [0.25, 0.3) is 0 Å². The van der Waals surface area contributed by atoms with Crippen molar-refractivity contribution in [3.8, 4) is 0 Å². The second-order valence-corrected chi connectivity index (χ2v) is 7.46. The summed E-state index contributed by atoms with van der Waals surface area (Å²) in [7, 11) is 0. The molecule has 1 atom stereocenters. The zero-order valence-corrected chi connectivity index (χ0v) is 16.2. The number of carbonyl (C=O) groups is 1. The van der Waals surface area contributed by atoms with Crippen molar-refractivity contribution in [3.05, 3.63) is 71.5 Å². The number of hydrogen-bond donors (Lipinski definition) is 1. The molecule has 1 aromatic heterocycles. The van der Waals surface area contributed by atoms with Crippen LogP contribution in [0.4, 0.5) is 5.69 Å². The number of anilines is 1. The van der Waals surface area contributed by atoms with E-state index in [0.29, 0.717) is 23.7 Å². The lowest BCUT2D eigenvalue weighted by molar-refractivity contribution is -0.133. The van der Waals surface area contributed by atoms with Crippen LogP contribution in [0.2, 0.25) is 5.02 Å². The van der Waals surface area contributed by atoms with E-state index in [1.54, 1.807) is 24.3 Å². The SMILES string of the molecule is O=C(CC(O)c1ccc(Cl)cc1)N1CCN(c2cncc3ccccc23)CC1. The predicted octanol–water partition coefficient (Wildman–Crippen LogP) is 3.66. The Morgan fingerprint density at radius 2 is 1.75 bits per heavy atom. The number of aliphatic hydroxyl groups is 1. The number of carbonyl (C=O) groups excluding carboxylic acids is 1. The molecule has 1 N–H and O–H groups in total. The number of pyridine rings is 1. The number of fused-ring (bicyclic) bond motifs is 1. The van der Waals surface area contributed by atoms with E-state index in [1.165, 1.54) is 5.39 Å². The molecule has 28 heavy (non-hydrogen) atoms. The number of aromatic nitrogens is 1. The van der Waals surface area contributed by atoms with Crippen LogP contribution in [0.15, 0.2) is 60.9 Å². The molecular formula is C22H22ClN3O2. The molecule has 0 bridgehead atoms. The second-order valence-electron chi connectivity index (χ2n) is 7.02. The molecule has 6 heteroatoms. The van der Waals surface area contributed by atoms with Gasteiger partial charge in [-0.05, 0) is 17.7 Å². The second kappa shape index (κ2) is 8.17. The molecule has 1 aliphatic rings. The summed E-state index contributed by atoms with van der Waals surface area (Å²) in [6.45, 7) is 2.77. The monoisotopic (exact) mass is 395 g/mol. The van der Waals surface area contributed by atoms with E-state index in [0.717, 1.165) is 24.2 Å². The third-order valence-corrected chi connectivity index (χ3v) is 5.49. The minimum atomic E-state index is -0.815. The van der Waals surface area contributed by atoms with Gasteiger partial charge in [0.05, 0.1) is 24.4 Å². The maximum absolute atomic E-state index is 12.6. The quantitative estimate of drug-likeness (QED) is 0.732. The van der Waals surface area contributed by atoms with Gasteiger partial charge in [0.2, 0.25) is 5.91 Å². The molecule has 0 radical (unpaired) electrons. The normalized spacial score (nSPS) is 15.6. The van der Waals surface area contributed by atoms with Crippen LogP contribution in [0, 0.1) is 0 Å².